The van der Waals surface area contributed by atoms with Crippen molar-refractivity contribution in [2.45, 2.75) is 89.9 Å². The van der Waals surface area contributed by atoms with Crippen LogP contribution < -0.4 is 0 Å². The molecule has 0 spiro atoms. The van der Waals surface area contributed by atoms with E-state index in [0.29, 0.717) is 24.0 Å². The molecule has 0 amide bonds. The van der Waals surface area contributed by atoms with Crippen LogP contribution in [0, 0.1) is 12.3 Å². The van der Waals surface area contributed by atoms with Gasteiger partial charge in [0.2, 0.25) is 0 Å². The highest BCUT2D eigenvalue weighted by Gasteiger charge is 2.40. The molecule has 2 unspecified atom stereocenters. The predicted molar refractivity (Wildman–Crippen MR) is 131 cm³/mol. The maximum absolute atomic E-state index is 13.9. The molecule has 1 N–H and O–H groups in total. The summed E-state index contributed by atoms with van der Waals surface area (Å²) in [6, 6.07) is 7.08. The van der Waals surface area contributed by atoms with Crippen molar-refractivity contribution in [1.82, 2.24) is 0 Å². The van der Waals surface area contributed by atoms with Crippen LogP contribution in [0.2, 0.25) is 0 Å². The molecule has 1 aromatic rings. The van der Waals surface area contributed by atoms with Crippen LogP contribution in [0.4, 0.5) is 0 Å². The van der Waals surface area contributed by atoms with Crippen LogP contribution >= 0.6 is 0 Å². The fourth-order valence-corrected chi connectivity index (χ4v) is 7.03. The molecule has 2 atom stereocenters. The molecule has 0 fully saturated rings. The Hall–Kier alpha value is -1.98. The molecule has 2 rings (SSSR count). The lowest BCUT2D eigenvalue weighted by molar-refractivity contribution is -0.104. The van der Waals surface area contributed by atoms with Gasteiger partial charge in [0.25, 0.3) is 0 Å². The predicted octanol–water partition coefficient (Wildman–Crippen LogP) is 5.90. The van der Waals surface area contributed by atoms with Gasteiger partial charge in [-0.15, -0.1) is 0 Å². The second kappa shape index (κ2) is 10.8. The molecule has 0 radical (unpaired) electrons. The topological polar surface area (TPSA) is 71.4 Å². The number of sulfone groups is 1. The summed E-state index contributed by atoms with van der Waals surface area (Å²) in [5.74, 6) is 0. The monoisotopic (exact) mass is 458 g/mol. The molecule has 1 aliphatic carbocycles. The second-order valence-corrected chi connectivity index (χ2v) is 12.0. The van der Waals surface area contributed by atoms with E-state index in [4.69, 9.17) is 0 Å². The number of rotatable bonds is 9. The van der Waals surface area contributed by atoms with Crippen molar-refractivity contribution in [2.24, 2.45) is 5.41 Å². The number of aldehydes is 1. The standard InChI is InChI=1S/C27H38O4S/c1-19-9-11-24(12-10-19)32(30,31)25(26-22(4)8-7-14-27(26,5)6)18-21(3)17-23(29)16-20(2)13-15-28/h9-13,15,17,23,25,29H,7-8,14,16,18H2,1-6H3/b20-13+,21-17+. The van der Waals surface area contributed by atoms with E-state index < -0.39 is 21.2 Å². The molecule has 176 valence electrons. The molecule has 4 nitrogen and oxygen atoms in total. The zero-order valence-corrected chi connectivity index (χ0v) is 21.1. The van der Waals surface area contributed by atoms with E-state index in [9.17, 15) is 18.3 Å². The number of aliphatic hydroxyl groups is 1. The molecule has 0 saturated heterocycles. The van der Waals surface area contributed by atoms with Crippen molar-refractivity contribution in [3.8, 4) is 0 Å². The summed E-state index contributed by atoms with van der Waals surface area (Å²) in [7, 11) is -3.62. The van der Waals surface area contributed by atoms with Gasteiger partial charge in [-0.05, 0) is 89.0 Å². The Kier molecular flexibility index (Phi) is 8.83. The summed E-state index contributed by atoms with van der Waals surface area (Å²) < 4.78 is 27.8. The Bertz CT molecular complexity index is 1010. The van der Waals surface area contributed by atoms with Crippen LogP contribution in [0.1, 0.15) is 72.3 Å². The lowest BCUT2D eigenvalue weighted by atomic mass is 9.70. The van der Waals surface area contributed by atoms with Crippen molar-refractivity contribution >= 4 is 16.1 Å². The Morgan fingerprint density at radius 1 is 1.09 bits per heavy atom. The van der Waals surface area contributed by atoms with Gasteiger partial charge in [-0.25, -0.2) is 8.42 Å². The second-order valence-electron chi connectivity index (χ2n) is 9.92. The van der Waals surface area contributed by atoms with Gasteiger partial charge in [-0.2, -0.15) is 0 Å². The number of benzene rings is 1. The molecule has 1 aliphatic rings. The number of hydrogen-bond donors (Lipinski definition) is 1. The van der Waals surface area contributed by atoms with Gasteiger partial charge in [0.1, 0.15) is 6.29 Å². The van der Waals surface area contributed by atoms with E-state index in [2.05, 4.69) is 20.8 Å². The quantitative estimate of drug-likeness (QED) is 0.284. The third kappa shape index (κ3) is 6.52. The van der Waals surface area contributed by atoms with Crippen molar-refractivity contribution in [3.05, 3.63) is 64.3 Å². The number of allylic oxidation sites excluding steroid dienone is 3. The maximum Gasteiger partial charge on any atom is 0.185 e. The lowest BCUT2D eigenvalue weighted by Gasteiger charge is -2.39. The molecule has 0 saturated carbocycles. The Labute approximate surface area is 194 Å². The molecule has 0 aromatic heterocycles. The van der Waals surface area contributed by atoms with Crippen LogP contribution in [-0.2, 0) is 14.6 Å². The van der Waals surface area contributed by atoms with E-state index >= 15 is 0 Å². The van der Waals surface area contributed by atoms with E-state index in [1.807, 2.05) is 26.0 Å². The minimum absolute atomic E-state index is 0.201. The van der Waals surface area contributed by atoms with E-state index in [1.54, 1.807) is 25.1 Å². The molecule has 0 aliphatic heterocycles. The Morgan fingerprint density at radius 2 is 1.72 bits per heavy atom. The van der Waals surface area contributed by atoms with Crippen molar-refractivity contribution in [1.29, 1.82) is 0 Å². The fraction of sp³-hybridized carbons (Fsp3) is 0.519. The average Bonchev–Trinajstić information content (AvgIpc) is 2.66. The van der Waals surface area contributed by atoms with E-state index in [1.165, 1.54) is 11.6 Å². The van der Waals surface area contributed by atoms with E-state index in [-0.39, 0.29) is 5.41 Å². The number of carbonyl (C=O) groups excluding carboxylic acids is 1. The van der Waals surface area contributed by atoms with Gasteiger partial charge >= 0.3 is 0 Å². The van der Waals surface area contributed by atoms with Crippen LogP contribution in [0.3, 0.4) is 0 Å². The molecule has 1 aromatic carbocycles. The molecule has 32 heavy (non-hydrogen) atoms. The Balaban J connectivity index is 2.50. The first kappa shape index (κ1) is 26.3. The Morgan fingerprint density at radius 3 is 2.28 bits per heavy atom. The first-order chi connectivity index (χ1) is 14.9. The number of hydrogen-bond acceptors (Lipinski definition) is 4. The summed E-state index contributed by atoms with van der Waals surface area (Å²) in [4.78, 5) is 11.0. The summed E-state index contributed by atoms with van der Waals surface area (Å²) >= 11 is 0. The zero-order valence-electron chi connectivity index (χ0n) is 20.3. The van der Waals surface area contributed by atoms with Crippen molar-refractivity contribution in [3.63, 3.8) is 0 Å². The summed E-state index contributed by atoms with van der Waals surface area (Å²) in [5, 5.41) is 9.78. The van der Waals surface area contributed by atoms with Gasteiger partial charge in [0, 0.05) is 0 Å². The SMILES string of the molecule is CC1=C(C(C/C(C)=C/C(O)C/C(C)=C/C=O)S(=O)(=O)c2ccc(C)cc2)C(C)(C)CCC1. The fourth-order valence-electron chi connectivity index (χ4n) is 4.87. The molecular formula is C27H38O4S. The first-order valence-corrected chi connectivity index (χ1v) is 12.9. The summed E-state index contributed by atoms with van der Waals surface area (Å²) in [5.41, 5.74) is 4.62. The highest BCUT2D eigenvalue weighted by molar-refractivity contribution is 7.92. The average molecular weight is 459 g/mol. The highest BCUT2D eigenvalue weighted by atomic mass is 32.2. The lowest BCUT2D eigenvalue weighted by Crippen LogP contribution is -2.35. The van der Waals surface area contributed by atoms with Crippen LogP contribution in [0.15, 0.2) is 63.6 Å². The van der Waals surface area contributed by atoms with Crippen molar-refractivity contribution in [2.75, 3.05) is 0 Å². The van der Waals surface area contributed by atoms with Crippen LogP contribution in [-0.4, -0.2) is 31.2 Å². The largest absolute Gasteiger partial charge is 0.389 e. The number of aryl methyl sites for hydroxylation is 1. The number of aliphatic hydroxyl groups excluding tert-OH is 1. The highest BCUT2D eigenvalue weighted by Crippen LogP contribution is 2.46. The molecule has 0 bridgehead atoms. The first-order valence-electron chi connectivity index (χ1n) is 11.4. The van der Waals surface area contributed by atoms with Gasteiger partial charge in [0.05, 0.1) is 16.2 Å². The molecular weight excluding hydrogens is 420 g/mol. The van der Waals surface area contributed by atoms with Crippen LogP contribution in [0.5, 0.6) is 0 Å². The zero-order chi connectivity index (χ0) is 24.1. The number of carbonyl (C=O) groups is 1. The third-order valence-corrected chi connectivity index (χ3v) is 8.54. The minimum atomic E-state index is -3.62. The third-order valence-electron chi connectivity index (χ3n) is 6.46. The smallest absolute Gasteiger partial charge is 0.185 e. The summed E-state index contributed by atoms with van der Waals surface area (Å²) in [6.45, 7) is 12.0. The molecule has 0 heterocycles. The normalized spacial score (nSPS) is 19.6. The van der Waals surface area contributed by atoms with Gasteiger partial charge in [-0.1, -0.05) is 54.3 Å². The van der Waals surface area contributed by atoms with Gasteiger partial charge in [0.15, 0.2) is 9.84 Å². The van der Waals surface area contributed by atoms with Crippen molar-refractivity contribution < 1.29 is 18.3 Å². The van der Waals surface area contributed by atoms with Gasteiger partial charge in [-0.3, -0.25) is 4.79 Å². The molecule has 5 heteroatoms. The van der Waals surface area contributed by atoms with Gasteiger partial charge < -0.3 is 5.11 Å². The minimum Gasteiger partial charge on any atom is -0.389 e. The summed E-state index contributed by atoms with van der Waals surface area (Å²) in [6.07, 6.45) is 6.74. The van der Waals surface area contributed by atoms with Crippen LogP contribution in [0.25, 0.3) is 0 Å². The maximum atomic E-state index is 13.9. The van der Waals surface area contributed by atoms with E-state index in [0.717, 1.165) is 41.5 Å².